The summed E-state index contributed by atoms with van der Waals surface area (Å²) in [7, 11) is 2.08. The minimum Gasteiger partial charge on any atom is -0.339 e. The van der Waals surface area contributed by atoms with Crippen molar-refractivity contribution in [3.8, 4) is 0 Å². The van der Waals surface area contributed by atoms with Crippen molar-refractivity contribution < 1.29 is 4.79 Å². The van der Waals surface area contributed by atoms with E-state index >= 15 is 0 Å². The molecular formula is C13H25N3O. The van der Waals surface area contributed by atoms with Gasteiger partial charge in [-0.05, 0) is 25.8 Å². The van der Waals surface area contributed by atoms with Gasteiger partial charge < -0.3 is 10.2 Å². The molecule has 4 heteroatoms. The minimum atomic E-state index is 0.298. The number of hydrogen-bond acceptors (Lipinski definition) is 3. The van der Waals surface area contributed by atoms with Crippen molar-refractivity contribution in [3.05, 3.63) is 0 Å². The number of carbonyl (C=O) groups excluding carboxylic acids is 1. The molecule has 2 aliphatic rings. The summed E-state index contributed by atoms with van der Waals surface area (Å²) in [5.41, 5.74) is 0. The Labute approximate surface area is 104 Å². The molecule has 4 nitrogen and oxygen atoms in total. The van der Waals surface area contributed by atoms with Crippen LogP contribution < -0.4 is 5.32 Å². The Morgan fingerprint density at radius 1 is 1.29 bits per heavy atom. The zero-order valence-electron chi connectivity index (χ0n) is 11.0. The topological polar surface area (TPSA) is 35.6 Å². The van der Waals surface area contributed by atoms with Crippen LogP contribution in [0.5, 0.6) is 0 Å². The second-order valence-corrected chi connectivity index (χ2v) is 5.48. The van der Waals surface area contributed by atoms with Crippen molar-refractivity contribution >= 4 is 5.91 Å². The van der Waals surface area contributed by atoms with Crippen LogP contribution in [-0.4, -0.2) is 62.0 Å². The van der Waals surface area contributed by atoms with Gasteiger partial charge in [0.1, 0.15) is 0 Å². The number of nitrogens with one attached hydrogen (secondary N) is 1. The van der Waals surface area contributed by atoms with Crippen LogP contribution in [-0.2, 0) is 4.79 Å². The molecule has 0 aromatic heterocycles. The van der Waals surface area contributed by atoms with E-state index in [9.17, 15) is 4.79 Å². The number of carbonyl (C=O) groups is 1. The van der Waals surface area contributed by atoms with Gasteiger partial charge in [-0.25, -0.2) is 0 Å². The highest BCUT2D eigenvalue weighted by molar-refractivity contribution is 5.78. The van der Waals surface area contributed by atoms with Gasteiger partial charge in [0.05, 0.1) is 6.54 Å². The normalized spacial score (nSPS) is 22.4. The van der Waals surface area contributed by atoms with E-state index in [0.717, 1.165) is 38.6 Å². The van der Waals surface area contributed by atoms with E-state index < -0.39 is 0 Å². The Bertz CT molecular complexity index is 245. The number of piperazine rings is 1. The maximum absolute atomic E-state index is 12.0. The highest BCUT2D eigenvalue weighted by Gasteiger charge is 2.20. The average Bonchev–Trinajstić information content (AvgIpc) is 2.82. The largest absolute Gasteiger partial charge is 0.339 e. The summed E-state index contributed by atoms with van der Waals surface area (Å²) < 4.78 is 0. The SMILES string of the molecule is CN(CC(=O)N1CCNCC1)CC1CCCC1. The predicted octanol–water partition coefficient (Wildman–Crippen LogP) is 0.540. The van der Waals surface area contributed by atoms with E-state index in [-0.39, 0.29) is 0 Å². The van der Waals surface area contributed by atoms with Crippen molar-refractivity contribution in [3.63, 3.8) is 0 Å². The van der Waals surface area contributed by atoms with E-state index in [0.29, 0.717) is 12.5 Å². The second kappa shape index (κ2) is 6.36. The fourth-order valence-corrected chi connectivity index (χ4v) is 2.94. The van der Waals surface area contributed by atoms with Crippen LogP contribution in [0.15, 0.2) is 0 Å². The quantitative estimate of drug-likeness (QED) is 0.778. The Kier molecular flexibility index (Phi) is 4.80. The maximum Gasteiger partial charge on any atom is 0.236 e. The van der Waals surface area contributed by atoms with Gasteiger partial charge in [0.2, 0.25) is 5.91 Å². The number of amides is 1. The first-order valence-corrected chi connectivity index (χ1v) is 6.93. The molecule has 0 spiro atoms. The third-order valence-electron chi connectivity index (χ3n) is 3.92. The summed E-state index contributed by atoms with van der Waals surface area (Å²) in [6, 6.07) is 0. The lowest BCUT2D eigenvalue weighted by atomic mass is 10.1. The molecule has 0 bridgehead atoms. The molecule has 98 valence electrons. The molecule has 0 radical (unpaired) electrons. The van der Waals surface area contributed by atoms with Crippen molar-refractivity contribution in [2.45, 2.75) is 25.7 Å². The van der Waals surface area contributed by atoms with Crippen LogP contribution in [0.2, 0.25) is 0 Å². The van der Waals surface area contributed by atoms with Crippen LogP contribution in [0.3, 0.4) is 0 Å². The van der Waals surface area contributed by atoms with Gasteiger partial charge in [-0.2, -0.15) is 0 Å². The summed E-state index contributed by atoms with van der Waals surface area (Å²) in [6.07, 6.45) is 5.47. The third kappa shape index (κ3) is 3.96. The molecule has 1 aliphatic heterocycles. The Hall–Kier alpha value is -0.610. The van der Waals surface area contributed by atoms with Gasteiger partial charge in [0.25, 0.3) is 0 Å². The molecule has 1 saturated heterocycles. The number of rotatable bonds is 4. The first kappa shape index (κ1) is 12.8. The number of hydrogen-bond donors (Lipinski definition) is 1. The molecule has 0 atom stereocenters. The first-order valence-electron chi connectivity index (χ1n) is 6.93. The molecule has 2 rings (SSSR count). The summed E-state index contributed by atoms with van der Waals surface area (Å²) in [5.74, 6) is 1.13. The van der Waals surface area contributed by atoms with Crippen LogP contribution in [0, 0.1) is 5.92 Å². The van der Waals surface area contributed by atoms with Crippen LogP contribution in [0.4, 0.5) is 0 Å². The van der Waals surface area contributed by atoms with E-state index in [1.807, 2.05) is 4.90 Å². The molecule has 2 fully saturated rings. The molecule has 1 saturated carbocycles. The summed E-state index contributed by atoms with van der Waals surface area (Å²) in [5, 5.41) is 3.27. The van der Waals surface area contributed by atoms with Crippen molar-refractivity contribution in [1.82, 2.24) is 15.1 Å². The lowest BCUT2D eigenvalue weighted by molar-refractivity contribution is -0.132. The Balaban J connectivity index is 1.69. The van der Waals surface area contributed by atoms with Gasteiger partial charge in [0, 0.05) is 32.7 Å². The molecule has 1 N–H and O–H groups in total. The lowest BCUT2D eigenvalue weighted by Gasteiger charge is -2.29. The average molecular weight is 239 g/mol. The molecule has 1 amide bonds. The first-order chi connectivity index (χ1) is 8.25. The standard InChI is InChI=1S/C13H25N3O/c1-15(10-12-4-2-3-5-12)11-13(17)16-8-6-14-7-9-16/h12,14H,2-11H2,1H3. The van der Waals surface area contributed by atoms with E-state index in [4.69, 9.17) is 0 Å². The lowest BCUT2D eigenvalue weighted by Crippen LogP contribution is -2.49. The molecule has 0 unspecified atom stereocenters. The van der Waals surface area contributed by atoms with Crippen molar-refractivity contribution in [1.29, 1.82) is 0 Å². The predicted molar refractivity (Wildman–Crippen MR) is 68.9 cm³/mol. The van der Waals surface area contributed by atoms with Gasteiger partial charge in [-0.15, -0.1) is 0 Å². The smallest absolute Gasteiger partial charge is 0.236 e. The minimum absolute atomic E-state index is 0.298. The monoisotopic (exact) mass is 239 g/mol. The van der Waals surface area contributed by atoms with Crippen molar-refractivity contribution in [2.24, 2.45) is 5.92 Å². The van der Waals surface area contributed by atoms with Gasteiger partial charge in [-0.1, -0.05) is 12.8 Å². The highest BCUT2D eigenvalue weighted by atomic mass is 16.2. The van der Waals surface area contributed by atoms with Crippen LogP contribution in [0.1, 0.15) is 25.7 Å². The number of nitrogens with zero attached hydrogens (tertiary/aromatic N) is 2. The van der Waals surface area contributed by atoms with Gasteiger partial charge in [-0.3, -0.25) is 9.69 Å². The summed E-state index contributed by atoms with van der Waals surface area (Å²) >= 11 is 0. The highest BCUT2D eigenvalue weighted by Crippen LogP contribution is 2.25. The summed E-state index contributed by atoms with van der Waals surface area (Å²) in [4.78, 5) is 16.2. The molecule has 0 aromatic carbocycles. The molecule has 17 heavy (non-hydrogen) atoms. The van der Waals surface area contributed by atoms with E-state index in [1.165, 1.54) is 25.7 Å². The molecule has 1 heterocycles. The van der Waals surface area contributed by atoms with Crippen LogP contribution >= 0.6 is 0 Å². The van der Waals surface area contributed by atoms with Gasteiger partial charge in [0.15, 0.2) is 0 Å². The third-order valence-corrected chi connectivity index (χ3v) is 3.92. The molecule has 0 aromatic rings. The van der Waals surface area contributed by atoms with E-state index in [1.54, 1.807) is 0 Å². The van der Waals surface area contributed by atoms with Gasteiger partial charge >= 0.3 is 0 Å². The Morgan fingerprint density at radius 3 is 2.59 bits per heavy atom. The molecular weight excluding hydrogens is 214 g/mol. The maximum atomic E-state index is 12.0. The Morgan fingerprint density at radius 2 is 1.94 bits per heavy atom. The van der Waals surface area contributed by atoms with Crippen LogP contribution in [0.25, 0.3) is 0 Å². The zero-order valence-corrected chi connectivity index (χ0v) is 11.0. The van der Waals surface area contributed by atoms with E-state index in [2.05, 4.69) is 17.3 Å². The fourth-order valence-electron chi connectivity index (χ4n) is 2.94. The summed E-state index contributed by atoms with van der Waals surface area (Å²) in [6.45, 7) is 5.32. The van der Waals surface area contributed by atoms with Crippen molar-refractivity contribution in [2.75, 3.05) is 46.3 Å². The number of likely N-dealkylation sites (N-methyl/N-ethyl adjacent to an activating group) is 1. The molecule has 1 aliphatic carbocycles. The fraction of sp³-hybridized carbons (Fsp3) is 0.923. The zero-order chi connectivity index (χ0) is 12.1. The second-order valence-electron chi connectivity index (χ2n) is 5.48.